The first-order chi connectivity index (χ1) is 16.5. The number of ether oxygens (including phenoxy) is 2. The molecule has 0 radical (unpaired) electrons. The summed E-state index contributed by atoms with van der Waals surface area (Å²) in [6, 6.07) is 25.0. The van der Waals surface area contributed by atoms with Crippen LogP contribution in [0.3, 0.4) is 0 Å². The summed E-state index contributed by atoms with van der Waals surface area (Å²) in [5.74, 6) is 1.58. The van der Waals surface area contributed by atoms with Crippen LogP contribution in [0.2, 0.25) is 0 Å². The molecule has 7 heteroatoms. The van der Waals surface area contributed by atoms with E-state index in [1.54, 1.807) is 37.3 Å². The van der Waals surface area contributed by atoms with E-state index in [-0.39, 0.29) is 18.6 Å². The van der Waals surface area contributed by atoms with E-state index in [0.29, 0.717) is 28.2 Å². The van der Waals surface area contributed by atoms with Gasteiger partial charge in [-0.1, -0.05) is 48.5 Å². The lowest BCUT2D eigenvalue weighted by Crippen LogP contribution is -2.45. The van der Waals surface area contributed by atoms with Crippen LogP contribution in [-0.2, 0) is 0 Å². The lowest BCUT2D eigenvalue weighted by molar-refractivity contribution is 0.00994. The third-order valence-corrected chi connectivity index (χ3v) is 5.27. The van der Waals surface area contributed by atoms with Crippen molar-refractivity contribution >= 4 is 11.0 Å². The fraction of sp³-hybridized carbons (Fsp3) is 0.222. The highest BCUT2D eigenvalue weighted by Crippen LogP contribution is 2.25. The number of para-hydroxylation sites is 1. The quantitative estimate of drug-likeness (QED) is 0.310. The topological polar surface area (TPSA) is 101 Å². The summed E-state index contributed by atoms with van der Waals surface area (Å²) in [7, 11) is 0. The summed E-state index contributed by atoms with van der Waals surface area (Å²) in [5, 5.41) is 23.8. The second-order valence-corrected chi connectivity index (χ2v) is 7.95. The van der Waals surface area contributed by atoms with E-state index in [2.05, 4.69) is 5.32 Å². The van der Waals surface area contributed by atoms with Gasteiger partial charge < -0.3 is 24.1 Å². The molecule has 0 saturated heterocycles. The van der Waals surface area contributed by atoms with Crippen LogP contribution >= 0.6 is 0 Å². The number of fused-ring (bicyclic) bond motifs is 1. The van der Waals surface area contributed by atoms with E-state index in [0.717, 1.165) is 5.56 Å². The second-order valence-electron chi connectivity index (χ2n) is 7.95. The van der Waals surface area contributed by atoms with Crippen molar-refractivity contribution < 1.29 is 24.1 Å². The van der Waals surface area contributed by atoms with Crippen LogP contribution in [0.4, 0.5) is 0 Å². The molecule has 0 spiro atoms. The molecule has 3 unspecified atom stereocenters. The normalized spacial score (nSPS) is 13.9. The van der Waals surface area contributed by atoms with E-state index in [9.17, 15) is 15.0 Å². The molecule has 0 amide bonds. The van der Waals surface area contributed by atoms with Crippen LogP contribution in [0.25, 0.3) is 22.3 Å². The Morgan fingerprint density at radius 1 is 0.912 bits per heavy atom. The van der Waals surface area contributed by atoms with Gasteiger partial charge in [-0.15, -0.1) is 0 Å². The Labute approximate surface area is 197 Å². The van der Waals surface area contributed by atoms with Gasteiger partial charge in [0.2, 0.25) is 0 Å². The van der Waals surface area contributed by atoms with Gasteiger partial charge in [-0.25, -0.2) is 0 Å². The standard InChI is InChI=1S/C27H27NO6/c1-18(33-21-10-6-3-7-11-21)27(31)28-16-20(29)17-32-22-12-13-23-24(30)15-25(34-26(23)14-22)19-8-4-2-5-9-19/h2-15,18,20,27-29,31H,16-17H2,1H3. The number of hydrogen-bond acceptors (Lipinski definition) is 7. The zero-order valence-electron chi connectivity index (χ0n) is 18.8. The molecule has 0 aliphatic heterocycles. The number of aliphatic hydroxyl groups is 2. The molecule has 34 heavy (non-hydrogen) atoms. The molecule has 4 aromatic rings. The first kappa shape index (κ1) is 23.5. The van der Waals surface area contributed by atoms with E-state index in [1.165, 1.54) is 6.07 Å². The molecule has 0 aliphatic carbocycles. The van der Waals surface area contributed by atoms with Crippen LogP contribution in [-0.4, -0.2) is 41.8 Å². The first-order valence-corrected chi connectivity index (χ1v) is 11.1. The Kier molecular flexibility index (Phi) is 7.59. The molecule has 0 aliphatic rings. The van der Waals surface area contributed by atoms with Crippen molar-refractivity contribution in [2.24, 2.45) is 0 Å². The Balaban J connectivity index is 1.33. The average Bonchev–Trinajstić information content (AvgIpc) is 2.86. The number of hydrogen-bond donors (Lipinski definition) is 3. The number of aliphatic hydroxyl groups excluding tert-OH is 2. The molecule has 0 saturated carbocycles. The monoisotopic (exact) mass is 461 g/mol. The van der Waals surface area contributed by atoms with E-state index in [4.69, 9.17) is 13.9 Å². The van der Waals surface area contributed by atoms with Crippen LogP contribution in [0, 0.1) is 0 Å². The highest BCUT2D eigenvalue weighted by molar-refractivity contribution is 5.80. The molecule has 3 atom stereocenters. The molecular weight excluding hydrogens is 434 g/mol. The minimum absolute atomic E-state index is 0.0121. The summed E-state index contributed by atoms with van der Waals surface area (Å²) in [6.45, 7) is 1.83. The summed E-state index contributed by atoms with van der Waals surface area (Å²) in [4.78, 5) is 12.5. The van der Waals surface area contributed by atoms with Crippen molar-refractivity contribution in [3.63, 3.8) is 0 Å². The predicted molar refractivity (Wildman–Crippen MR) is 130 cm³/mol. The van der Waals surface area contributed by atoms with Crippen molar-refractivity contribution in [3.8, 4) is 22.8 Å². The van der Waals surface area contributed by atoms with E-state index >= 15 is 0 Å². The molecule has 1 aromatic heterocycles. The Morgan fingerprint density at radius 2 is 1.62 bits per heavy atom. The van der Waals surface area contributed by atoms with Gasteiger partial charge in [0.05, 0.1) is 5.39 Å². The van der Waals surface area contributed by atoms with Gasteiger partial charge in [0.25, 0.3) is 0 Å². The van der Waals surface area contributed by atoms with Gasteiger partial charge in [-0.05, 0) is 31.2 Å². The van der Waals surface area contributed by atoms with Crippen molar-refractivity contribution in [1.82, 2.24) is 5.32 Å². The molecule has 7 nitrogen and oxygen atoms in total. The molecule has 0 fully saturated rings. The molecule has 4 rings (SSSR count). The van der Waals surface area contributed by atoms with Crippen LogP contribution in [0.1, 0.15) is 6.92 Å². The lowest BCUT2D eigenvalue weighted by Gasteiger charge is -2.23. The zero-order valence-corrected chi connectivity index (χ0v) is 18.8. The van der Waals surface area contributed by atoms with Crippen molar-refractivity contribution in [2.75, 3.05) is 13.2 Å². The van der Waals surface area contributed by atoms with Crippen LogP contribution in [0.15, 0.2) is 94.1 Å². The van der Waals surface area contributed by atoms with Crippen molar-refractivity contribution in [3.05, 3.63) is 95.2 Å². The third kappa shape index (κ3) is 6.02. The number of rotatable bonds is 10. The molecular formula is C27H27NO6. The van der Waals surface area contributed by atoms with E-state index in [1.807, 2.05) is 48.5 Å². The third-order valence-electron chi connectivity index (χ3n) is 5.27. The second kappa shape index (κ2) is 11.0. The maximum Gasteiger partial charge on any atom is 0.193 e. The SMILES string of the molecule is CC(Oc1ccccc1)C(O)NCC(O)COc1ccc2c(=O)cc(-c3ccccc3)oc2c1. The maximum atomic E-state index is 12.5. The van der Waals surface area contributed by atoms with Crippen molar-refractivity contribution in [1.29, 1.82) is 0 Å². The largest absolute Gasteiger partial charge is 0.491 e. The highest BCUT2D eigenvalue weighted by Gasteiger charge is 2.17. The minimum atomic E-state index is -0.971. The van der Waals surface area contributed by atoms with Crippen molar-refractivity contribution in [2.45, 2.75) is 25.4 Å². The molecule has 3 aromatic carbocycles. The molecule has 1 heterocycles. The summed E-state index contributed by atoms with van der Waals surface area (Å²) in [5.41, 5.74) is 1.06. The zero-order chi connectivity index (χ0) is 23.9. The van der Waals surface area contributed by atoms with Gasteiger partial charge in [0.1, 0.15) is 47.9 Å². The Hall–Kier alpha value is -3.65. The first-order valence-electron chi connectivity index (χ1n) is 11.1. The van der Waals surface area contributed by atoms with Gasteiger partial charge >= 0.3 is 0 Å². The van der Waals surface area contributed by atoms with Crippen LogP contribution < -0.4 is 20.2 Å². The maximum absolute atomic E-state index is 12.5. The van der Waals surface area contributed by atoms with Gasteiger partial charge in [0.15, 0.2) is 5.43 Å². The summed E-state index contributed by atoms with van der Waals surface area (Å²) in [6.07, 6.45) is -2.36. The predicted octanol–water partition coefficient (Wildman–Crippen LogP) is 3.58. The van der Waals surface area contributed by atoms with Crippen LogP contribution in [0.5, 0.6) is 11.5 Å². The molecule has 0 bridgehead atoms. The van der Waals surface area contributed by atoms with Gasteiger partial charge in [0, 0.05) is 24.2 Å². The lowest BCUT2D eigenvalue weighted by atomic mass is 10.1. The Bertz CT molecular complexity index is 1260. The highest BCUT2D eigenvalue weighted by atomic mass is 16.5. The van der Waals surface area contributed by atoms with E-state index < -0.39 is 18.4 Å². The molecule has 3 N–H and O–H groups in total. The number of benzene rings is 3. The fourth-order valence-electron chi connectivity index (χ4n) is 3.42. The minimum Gasteiger partial charge on any atom is -0.491 e. The average molecular weight is 462 g/mol. The smallest absolute Gasteiger partial charge is 0.193 e. The fourth-order valence-corrected chi connectivity index (χ4v) is 3.42. The Morgan fingerprint density at radius 3 is 2.35 bits per heavy atom. The molecule has 176 valence electrons. The van der Waals surface area contributed by atoms with Gasteiger partial charge in [-0.2, -0.15) is 0 Å². The summed E-state index contributed by atoms with van der Waals surface area (Å²) >= 11 is 0. The summed E-state index contributed by atoms with van der Waals surface area (Å²) < 4.78 is 17.3. The van der Waals surface area contributed by atoms with Gasteiger partial charge in [-0.3, -0.25) is 10.1 Å². The number of nitrogens with one attached hydrogen (secondary N) is 1.